The average Bonchev–Trinajstić information content (AvgIpc) is 3.42. The van der Waals surface area contributed by atoms with Gasteiger partial charge in [0.25, 0.3) is 0 Å². The zero-order valence-corrected chi connectivity index (χ0v) is 31.2. The Morgan fingerprint density at radius 2 is 1.46 bits per heavy atom. The molecule has 3 unspecified atom stereocenters. The van der Waals surface area contributed by atoms with Crippen LogP contribution in [0.5, 0.6) is 0 Å². The molecule has 8 aliphatic rings. The van der Waals surface area contributed by atoms with E-state index < -0.39 is 84.3 Å². The number of alkyl halides is 6. The Hall–Kier alpha value is -2.56. The number of carbonyl (C=O) groups excluding carboxylic acids is 2. The lowest BCUT2D eigenvalue weighted by Crippen LogP contribution is -2.67. The minimum Gasteiger partial charge on any atom is -0.461 e. The lowest BCUT2D eigenvalue weighted by Gasteiger charge is -2.57. The molecule has 0 N–H and O–H groups in total. The van der Waals surface area contributed by atoms with Gasteiger partial charge >= 0.3 is 24.3 Å². The molecule has 2 aliphatic carbocycles. The molecule has 8 rings (SSSR count). The third-order valence-corrected chi connectivity index (χ3v) is 13.5. The Balaban J connectivity index is 0.992. The fraction of sp³-hybridized carbons (Fsp3) is 0.842. The van der Waals surface area contributed by atoms with Crippen LogP contribution in [0.3, 0.4) is 0 Å². The molecule has 6 fully saturated rings. The van der Waals surface area contributed by atoms with Crippen LogP contribution in [0.15, 0.2) is 22.7 Å². The van der Waals surface area contributed by atoms with Gasteiger partial charge in [0, 0.05) is 53.6 Å². The summed E-state index contributed by atoms with van der Waals surface area (Å²) < 4.78 is 121. The predicted octanol–water partition coefficient (Wildman–Crippen LogP) is 8.35. The van der Waals surface area contributed by atoms with Crippen molar-refractivity contribution in [2.24, 2.45) is 40.9 Å². The van der Waals surface area contributed by atoms with Crippen molar-refractivity contribution in [2.75, 3.05) is 13.2 Å². The summed E-state index contributed by atoms with van der Waals surface area (Å²) >= 11 is 0. The summed E-state index contributed by atoms with van der Waals surface area (Å²) in [4.78, 5) is 37.3. The summed E-state index contributed by atoms with van der Waals surface area (Å²) in [5.41, 5.74) is -2.75. The Kier molecular flexibility index (Phi) is 10.4. The molecule has 16 heteroatoms. The first-order chi connectivity index (χ1) is 25.3. The summed E-state index contributed by atoms with van der Waals surface area (Å²) in [5.74, 6) is -6.51. The van der Waals surface area contributed by atoms with E-state index in [0.717, 1.165) is 6.42 Å². The number of carbonyl (C=O) groups is 2. The minimum atomic E-state index is -4.91. The summed E-state index contributed by atoms with van der Waals surface area (Å²) in [7, 11) is 0. The molecule has 0 aromatic carbocycles. The van der Waals surface area contributed by atoms with Crippen molar-refractivity contribution in [1.29, 1.82) is 0 Å². The second-order valence-corrected chi connectivity index (χ2v) is 16.9. The van der Waals surface area contributed by atoms with Gasteiger partial charge in [0.15, 0.2) is 5.60 Å². The fourth-order valence-corrected chi connectivity index (χ4v) is 10.6. The van der Waals surface area contributed by atoms with E-state index in [1.54, 1.807) is 13.8 Å². The normalized spacial score (nSPS) is 41.8. The van der Waals surface area contributed by atoms with Crippen molar-refractivity contribution in [3.63, 3.8) is 0 Å². The lowest BCUT2D eigenvalue weighted by molar-refractivity contribution is -0.557. The summed E-state index contributed by atoms with van der Waals surface area (Å²) in [6.07, 6.45) is -8.77. The molecule has 12 atom stereocenters. The largest absolute Gasteiger partial charge is 0.461 e. The quantitative estimate of drug-likeness (QED) is 0.136. The Morgan fingerprint density at radius 3 is 2.15 bits per heavy atom. The van der Waals surface area contributed by atoms with Gasteiger partial charge in [0.2, 0.25) is 29.9 Å². The van der Waals surface area contributed by atoms with E-state index in [2.05, 4.69) is 6.92 Å². The van der Waals surface area contributed by atoms with Gasteiger partial charge in [-0.2, -0.15) is 26.3 Å². The van der Waals surface area contributed by atoms with E-state index in [1.807, 2.05) is 13.8 Å². The summed E-state index contributed by atoms with van der Waals surface area (Å²) in [6, 6.07) is 0. The number of fused-ring (bicyclic) bond motifs is 2. The second kappa shape index (κ2) is 14.1. The van der Waals surface area contributed by atoms with E-state index in [1.165, 1.54) is 0 Å². The number of hydrogen-bond donors (Lipinski definition) is 0. The maximum absolute atomic E-state index is 14.5. The molecule has 2 saturated carbocycles. The number of rotatable bonds is 8. The van der Waals surface area contributed by atoms with Crippen LogP contribution in [0.25, 0.3) is 0 Å². The SMILES string of the molecule is C[C@@H]1CC[C@@]2(C)C(COC(=O)CCCC(=O)OCC3=C(C(F)(F)F)O[C@@H]4OC5(C)CCC6[C@H](C)CC[C@@H]3[C@]64OO5)=C(C(F)(F)F)O[C@@H]3O[C@@H](C)CCC1[C@@H]32. The maximum Gasteiger partial charge on any atom is 0.449 e. The third kappa shape index (κ3) is 6.92. The maximum atomic E-state index is 14.5. The van der Waals surface area contributed by atoms with Crippen molar-refractivity contribution in [3.8, 4) is 0 Å². The molecule has 6 heterocycles. The van der Waals surface area contributed by atoms with E-state index in [4.69, 9.17) is 38.2 Å². The molecule has 2 bridgehead atoms. The van der Waals surface area contributed by atoms with Crippen LogP contribution in [0, 0.1) is 40.9 Å². The first kappa shape index (κ1) is 39.7. The highest BCUT2D eigenvalue weighted by molar-refractivity contribution is 5.72. The molecule has 4 saturated heterocycles. The highest BCUT2D eigenvalue weighted by Gasteiger charge is 2.70. The van der Waals surface area contributed by atoms with Crippen LogP contribution in [0.1, 0.15) is 105 Å². The van der Waals surface area contributed by atoms with Gasteiger partial charge in [-0.3, -0.25) is 9.59 Å². The van der Waals surface area contributed by atoms with Crippen LogP contribution in [0.2, 0.25) is 0 Å². The predicted molar refractivity (Wildman–Crippen MR) is 174 cm³/mol. The standard InChI is InChI=1S/C38H50F6O10/c1-19-13-15-34(4)26(31(38(42,43)44)50-32-29(34)22(19)11-10-21(3)49-32)18-48-28(46)8-6-7-27(45)47-17-23-25-12-9-20(2)24-14-16-35(5)52-33(36(24,25)54-53-35)51-30(23)37(39,40)41/h19-22,24-25,29,32-33H,6-18H2,1-5H3/t19-,20-,21+,22?,24?,25+,29+,32+,33-,34+,35?,36-/m1/s1. The van der Waals surface area contributed by atoms with Crippen LogP contribution >= 0.6 is 0 Å². The van der Waals surface area contributed by atoms with Crippen molar-refractivity contribution >= 4 is 11.9 Å². The summed E-state index contributed by atoms with van der Waals surface area (Å²) in [5, 5.41) is 0. The molecule has 0 radical (unpaired) electrons. The van der Waals surface area contributed by atoms with Crippen molar-refractivity contribution in [3.05, 3.63) is 22.7 Å². The number of halogens is 6. The number of hydrogen-bond acceptors (Lipinski definition) is 10. The molecule has 10 nitrogen and oxygen atoms in total. The third-order valence-electron chi connectivity index (χ3n) is 13.5. The molecule has 304 valence electrons. The van der Waals surface area contributed by atoms with Crippen LogP contribution < -0.4 is 0 Å². The minimum absolute atomic E-state index is 0.0670. The monoisotopic (exact) mass is 780 g/mol. The van der Waals surface area contributed by atoms with E-state index in [-0.39, 0.29) is 66.1 Å². The van der Waals surface area contributed by atoms with Crippen LogP contribution in [-0.2, 0) is 47.8 Å². The summed E-state index contributed by atoms with van der Waals surface area (Å²) in [6.45, 7) is 7.94. The molecule has 0 amide bonds. The van der Waals surface area contributed by atoms with Gasteiger partial charge in [0.05, 0.1) is 6.10 Å². The zero-order valence-electron chi connectivity index (χ0n) is 31.2. The van der Waals surface area contributed by atoms with Crippen molar-refractivity contribution in [2.45, 2.75) is 148 Å². The number of ether oxygens (including phenoxy) is 6. The molecular formula is C38H50F6O10. The van der Waals surface area contributed by atoms with E-state index in [0.29, 0.717) is 44.9 Å². The highest BCUT2D eigenvalue weighted by atomic mass is 19.4. The van der Waals surface area contributed by atoms with E-state index >= 15 is 0 Å². The highest BCUT2D eigenvalue weighted by Crippen LogP contribution is 2.62. The zero-order chi connectivity index (χ0) is 39.0. The Morgan fingerprint density at radius 1 is 0.778 bits per heavy atom. The average molecular weight is 781 g/mol. The van der Waals surface area contributed by atoms with Gasteiger partial charge in [-0.1, -0.05) is 20.8 Å². The first-order valence-corrected chi connectivity index (χ1v) is 19.2. The van der Waals surface area contributed by atoms with Gasteiger partial charge in [0.1, 0.15) is 13.2 Å². The first-order valence-electron chi connectivity index (χ1n) is 19.2. The Bertz CT molecular complexity index is 1540. The topological polar surface area (TPSA) is 108 Å². The lowest BCUT2D eigenvalue weighted by atomic mass is 9.54. The van der Waals surface area contributed by atoms with Gasteiger partial charge in [-0.25, -0.2) is 9.78 Å². The van der Waals surface area contributed by atoms with E-state index in [9.17, 15) is 35.9 Å². The van der Waals surface area contributed by atoms with Crippen molar-refractivity contribution in [1.82, 2.24) is 0 Å². The molecule has 1 spiro atoms. The van der Waals surface area contributed by atoms with Gasteiger partial charge in [-0.05, 0) is 83.0 Å². The number of esters is 2. The van der Waals surface area contributed by atoms with Crippen LogP contribution in [-0.4, -0.2) is 67.6 Å². The van der Waals surface area contributed by atoms with Crippen LogP contribution in [0.4, 0.5) is 26.3 Å². The smallest absolute Gasteiger partial charge is 0.449 e. The molecule has 6 aliphatic heterocycles. The Labute approximate surface area is 310 Å². The molecular weight excluding hydrogens is 730 g/mol. The molecule has 0 aromatic rings. The fourth-order valence-electron chi connectivity index (χ4n) is 10.6. The molecule has 0 aromatic heterocycles. The second-order valence-electron chi connectivity index (χ2n) is 16.9. The number of allylic oxidation sites excluding steroid dienone is 2. The van der Waals surface area contributed by atoms with Gasteiger partial charge in [-0.15, -0.1) is 0 Å². The van der Waals surface area contributed by atoms with Crippen molar-refractivity contribution < 1.29 is 74.1 Å². The van der Waals surface area contributed by atoms with Gasteiger partial charge < -0.3 is 28.4 Å². The molecule has 54 heavy (non-hydrogen) atoms.